The third kappa shape index (κ3) is 4.04. The number of rotatable bonds is 6. The Morgan fingerprint density at radius 1 is 1.35 bits per heavy atom. The van der Waals surface area contributed by atoms with Crippen molar-refractivity contribution in [2.24, 2.45) is 0 Å². The normalized spacial score (nSPS) is 10.7. The van der Waals surface area contributed by atoms with Gasteiger partial charge in [-0.2, -0.15) is 4.98 Å². The zero-order valence-corrected chi connectivity index (χ0v) is 11.8. The van der Waals surface area contributed by atoms with Gasteiger partial charge in [-0.1, -0.05) is 0 Å². The zero-order valence-electron chi connectivity index (χ0n) is 11.0. The van der Waals surface area contributed by atoms with Gasteiger partial charge in [0.2, 0.25) is 5.95 Å². The maximum Gasteiger partial charge on any atom is 0.226 e. The maximum absolute atomic E-state index is 5.75. The van der Waals surface area contributed by atoms with Crippen LogP contribution in [0.15, 0.2) is 12.3 Å². The number of alkyl halides is 1. The molecular formula is C12H21ClN4. The Labute approximate surface area is 109 Å². The second-order valence-corrected chi connectivity index (χ2v) is 4.82. The van der Waals surface area contributed by atoms with Gasteiger partial charge in [-0.25, -0.2) is 4.98 Å². The van der Waals surface area contributed by atoms with Crippen molar-refractivity contribution in [1.29, 1.82) is 0 Å². The third-order valence-corrected chi connectivity index (χ3v) is 2.75. The van der Waals surface area contributed by atoms with Crippen LogP contribution in [0.1, 0.15) is 20.3 Å². The van der Waals surface area contributed by atoms with Crippen LogP contribution in [0.25, 0.3) is 0 Å². The molecule has 17 heavy (non-hydrogen) atoms. The first-order chi connectivity index (χ1) is 8.06. The van der Waals surface area contributed by atoms with Gasteiger partial charge < -0.3 is 9.80 Å². The summed E-state index contributed by atoms with van der Waals surface area (Å²) in [5.41, 5.74) is 0. The number of anilines is 2. The standard InChI is InChI=1S/C12H21ClN4/c1-10(2)17(9-5-7-13)11-6-8-14-12(15-11)16(3)4/h6,8,10H,5,7,9H2,1-4H3. The van der Waals surface area contributed by atoms with Crippen LogP contribution < -0.4 is 9.80 Å². The second-order valence-electron chi connectivity index (χ2n) is 4.44. The van der Waals surface area contributed by atoms with E-state index >= 15 is 0 Å². The molecule has 5 heteroatoms. The van der Waals surface area contributed by atoms with Crippen LogP contribution in [0.3, 0.4) is 0 Å². The molecule has 1 aromatic rings. The van der Waals surface area contributed by atoms with Crippen LogP contribution in [-0.4, -0.2) is 42.5 Å². The molecule has 0 fully saturated rings. The Hall–Kier alpha value is -1.03. The third-order valence-electron chi connectivity index (χ3n) is 2.48. The first kappa shape index (κ1) is 14.0. The maximum atomic E-state index is 5.75. The van der Waals surface area contributed by atoms with Gasteiger partial charge in [0, 0.05) is 38.8 Å². The largest absolute Gasteiger partial charge is 0.354 e. The fourth-order valence-corrected chi connectivity index (χ4v) is 1.70. The van der Waals surface area contributed by atoms with E-state index in [0.29, 0.717) is 11.9 Å². The van der Waals surface area contributed by atoms with Gasteiger partial charge in [0.15, 0.2) is 0 Å². The van der Waals surface area contributed by atoms with Crippen LogP contribution in [0.4, 0.5) is 11.8 Å². The molecule has 4 nitrogen and oxygen atoms in total. The molecule has 0 saturated carbocycles. The molecule has 0 aliphatic rings. The highest BCUT2D eigenvalue weighted by atomic mass is 35.5. The SMILES string of the molecule is CC(C)N(CCCCl)c1ccnc(N(C)C)n1. The van der Waals surface area contributed by atoms with E-state index in [1.54, 1.807) is 6.20 Å². The second kappa shape index (κ2) is 6.64. The molecule has 96 valence electrons. The van der Waals surface area contributed by atoms with Gasteiger partial charge >= 0.3 is 0 Å². The smallest absolute Gasteiger partial charge is 0.226 e. The van der Waals surface area contributed by atoms with E-state index < -0.39 is 0 Å². The van der Waals surface area contributed by atoms with Gasteiger partial charge in [0.1, 0.15) is 5.82 Å². The average molecular weight is 257 g/mol. The van der Waals surface area contributed by atoms with Crippen LogP contribution in [-0.2, 0) is 0 Å². The summed E-state index contributed by atoms with van der Waals surface area (Å²) in [6.07, 6.45) is 2.76. The van der Waals surface area contributed by atoms with E-state index in [2.05, 4.69) is 28.7 Å². The molecule has 0 aliphatic heterocycles. The Morgan fingerprint density at radius 2 is 2.06 bits per heavy atom. The Morgan fingerprint density at radius 3 is 2.59 bits per heavy atom. The monoisotopic (exact) mass is 256 g/mol. The molecule has 0 saturated heterocycles. The van der Waals surface area contributed by atoms with Crippen LogP contribution in [0, 0.1) is 0 Å². The van der Waals surface area contributed by atoms with E-state index in [1.165, 1.54) is 0 Å². The van der Waals surface area contributed by atoms with Crippen molar-refractivity contribution in [1.82, 2.24) is 9.97 Å². The number of halogens is 1. The van der Waals surface area contributed by atoms with Crippen LogP contribution >= 0.6 is 11.6 Å². The molecule has 1 aromatic heterocycles. The number of hydrogen-bond acceptors (Lipinski definition) is 4. The predicted molar refractivity (Wildman–Crippen MR) is 74.2 cm³/mol. The predicted octanol–water partition coefficient (Wildman–Crippen LogP) is 2.39. The van der Waals surface area contributed by atoms with Crippen molar-refractivity contribution in [3.63, 3.8) is 0 Å². The summed E-state index contributed by atoms with van der Waals surface area (Å²) in [6.45, 7) is 5.24. The van der Waals surface area contributed by atoms with Gasteiger partial charge in [-0.3, -0.25) is 0 Å². The van der Waals surface area contributed by atoms with Gasteiger partial charge in [-0.05, 0) is 26.3 Å². The first-order valence-corrected chi connectivity index (χ1v) is 6.42. The molecule has 0 spiro atoms. The Bertz CT molecular complexity index is 341. The molecule has 1 rings (SSSR count). The lowest BCUT2D eigenvalue weighted by molar-refractivity contribution is 0.662. The number of nitrogens with zero attached hydrogens (tertiary/aromatic N) is 4. The van der Waals surface area contributed by atoms with Crippen molar-refractivity contribution in [2.75, 3.05) is 36.3 Å². The lowest BCUT2D eigenvalue weighted by Crippen LogP contribution is -2.33. The average Bonchev–Trinajstić information content (AvgIpc) is 2.29. The molecule has 1 heterocycles. The molecule has 0 radical (unpaired) electrons. The van der Waals surface area contributed by atoms with Crippen LogP contribution in [0.2, 0.25) is 0 Å². The first-order valence-electron chi connectivity index (χ1n) is 5.89. The molecule has 0 aliphatic carbocycles. The molecule has 0 N–H and O–H groups in total. The topological polar surface area (TPSA) is 32.3 Å². The zero-order chi connectivity index (χ0) is 12.8. The number of hydrogen-bond donors (Lipinski definition) is 0. The fraction of sp³-hybridized carbons (Fsp3) is 0.667. The molecule has 0 unspecified atom stereocenters. The van der Waals surface area contributed by atoms with E-state index in [0.717, 1.165) is 24.7 Å². The van der Waals surface area contributed by atoms with Gasteiger partial charge in [0.25, 0.3) is 0 Å². The minimum atomic E-state index is 0.406. The van der Waals surface area contributed by atoms with E-state index in [1.807, 2.05) is 25.1 Å². The molecule has 0 atom stereocenters. The number of aromatic nitrogens is 2. The molecule has 0 amide bonds. The highest BCUT2D eigenvalue weighted by Crippen LogP contribution is 2.16. The summed E-state index contributed by atoms with van der Waals surface area (Å²) >= 11 is 5.75. The summed E-state index contributed by atoms with van der Waals surface area (Å²) in [5, 5.41) is 0. The van der Waals surface area contributed by atoms with Crippen molar-refractivity contribution in [2.45, 2.75) is 26.3 Å². The molecule has 0 aromatic carbocycles. The van der Waals surface area contributed by atoms with E-state index in [9.17, 15) is 0 Å². The Kier molecular flexibility index (Phi) is 5.48. The van der Waals surface area contributed by atoms with Crippen molar-refractivity contribution < 1.29 is 0 Å². The van der Waals surface area contributed by atoms with Crippen molar-refractivity contribution >= 4 is 23.4 Å². The summed E-state index contributed by atoms with van der Waals surface area (Å²) in [7, 11) is 3.88. The van der Waals surface area contributed by atoms with Gasteiger partial charge in [0.05, 0.1) is 0 Å². The summed E-state index contributed by atoms with van der Waals surface area (Å²) in [6, 6.07) is 2.35. The summed E-state index contributed by atoms with van der Waals surface area (Å²) in [5.74, 6) is 2.37. The van der Waals surface area contributed by atoms with Gasteiger partial charge in [-0.15, -0.1) is 11.6 Å². The molecular weight excluding hydrogens is 236 g/mol. The van der Waals surface area contributed by atoms with Crippen molar-refractivity contribution in [3.8, 4) is 0 Å². The summed E-state index contributed by atoms with van der Waals surface area (Å²) in [4.78, 5) is 12.9. The lowest BCUT2D eigenvalue weighted by Gasteiger charge is -2.28. The quantitative estimate of drug-likeness (QED) is 0.732. The summed E-state index contributed by atoms with van der Waals surface area (Å²) < 4.78 is 0. The minimum absolute atomic E-state index is 0.406. The van der Waals surface area contributed by atoms with E-state index in [4.69, 9.17) is 11.6 Å². The highest BCUT2D eigenvalue weighted by molar-refractivity contribution is 6.17. The van der Waals surface area contributed by atoms with E-state index in [-0.39, 0.29) is 0 Å². The lowest BCUT2D eigenvalue weighted by atomic mass is 10.3. The highest BCUT2D eigenvalue weighted by Gasteiger charge is 2.12. The molecule has 0 bridgehead atoms. The fourth-order valence-electron chi connectivity index (χ4n) is 1.58. The minimum Gasteiger partial charge on any atom is -0.354 e. The van der Waals surface area contributed by atoms with Crippen molar-refractivity contribution in [3.05, 3.63) is 12.3 Å². The van der Waals surface area contributed by atoms with Crippen LogP contribution in [0.5, 0.6) is 0 Å². The Balaban J connectivity index is 2.89.